The summed E-state index contributed by atoms with van der Waals surface area (Å²) in [5, 5.41) is 1.49. The van der Waals surface area contributed by atoms with E-state index in [0.717, 1.165) is 21.8 Å². The molecule has 4 rings (SSSR count). The van der Waals surface area contributed by atoms with E-state index in [0.29, 0.717) is 35.8 Å². The van der Waals surface area contributed by atoms with Gasteiger partial charge in [0.1, 0.15) is 9.88 Å². The molecule has 1 aromatic heterocycles. The van der Waals surface area contributed by atoms with Crippen molar-refractivity contribution >= 4 is 34.6 Å². The minimum atomic E-state index is -0.0198. The molecule has 3 aromatic rings. The van der Waals surface area contributed by atoms with Crippen molar-refractivity contribution in [1.82, 2.24) is 9.88 Å². The lowest BCUT2D eigenvalue weighted by Gasteiger charge is -2.31. The molecule has 0 spiro atoms. The Morgan fingerprint density at radius 2 is 1.69 bits per heavy atom. The number of thiazole rings is 1. The topological polar surface area (TPSA) is 50.3 Å². The van der Waals surface area contributed by atoms with Gasteiger partial charge in [-0.2, -0.15) is 0 Å². The zero-order valence-electron chi connectivity index (χ0n) is 16.1. The lowest BCUT2D eigenvalue weighted by molar-refractivity contribution is 0.0653. The largest absolute Gasteiger partial charge is 0.338 e. The third kappa shape index (κ3) is 4.26. The van der Waals surface area contributed by atoms with Gasteiger partial charge in [-0.25, -0.2) is 4.98 Å². The Kier molecular flexibility index (Phi) is 5.79. The molecule has 0 aliphatic carbocycles. The van der Waals surface area contributed by atoms with E-state index in [1.54, 1.807) is 0 Å². The predicted molar refractivity (Wildman–Crippen MR) is 117 cm³/mol. The molecule has 0 radical (unpaired) electrons. The van der Waals surface area contributed by atoms with E-state index in [2.05, 4.69) is 4.98 Å². The molecule has 1 aliphatic rings. The first kappa shape index (κ1) is 19.8. The number of rotatable bonds is 4. The molecule has 0 saturated carbocycles. The number of aromatic nitrogens is 1. The summed E-state index contributed by atoms with van der Waals surface area (Å²) >= 11 is 7.37. The van der Waals surface area contributed by atoms with Crippen LogP contribution in [0, 0.1) is 12.8 Å². The molecule has 1 saturated heterocycles. The third-order valence-electron chi connectivity index (χ3n) is 5.29. The van der Waals surface area contributed by atoms with E-state index in [1.165, 1.54) is 11.3 Å². The van der Waals surface area contributed by atoms with E-state index in [4.69, 9.17) is 11.6 Å². The molecular formula is C23H21ClN2O2S. The second kappa shape index (κ2) is 8.47. The second-order valence-corrected chi connectivity index (χ2v) is 8.67. The van der Waals surface area contributed by atoms with E-state index < -0.39 is 0 Å². The number of carbonyl (C=O) groups is 2. The SMILES string of the molecule is Cc1nc(-c2ccc(Cl)cc2)sc1C(=O)N1CCC(C(=O)c2ccccc2)CC1. The van der Waals surface area contributed by atoms with Crippen LogP contribution in [-0.2, 0) is 0 Å². The standard InChI is InChI=1S/C23H21ClN2O2S/c1-15-21(29-22(25-15)18-7-9-19(24)10-8-18)23(28)26-13-11-17(12-14-26)20(27)16-5-3-2-4-6-16/h2-10,17H,11-14H2,1H3. The first-order chi connectivity index (χ1) is 14.0. The molecule has 4 nitrogen and oxygen atoms in total. The van der Waals surface area contributed by atoms with Gasteiger partial charge in [0, 0.05) is 35.2 Å². The summed E-state index contributed by atoms with van der Waals surface area (Å²) in [4.78, 5) is 32.8. The van der Waals surface area contributed by atoms with Crippen LogP contribution >= 0.6 is 22.9 Å². The van der Waals surface area contributed by atoms with Crippen molar-refractivity contribution in [1.29, 1.82) is 0 Å². The van der Waals surface area contributed by atoms with E-state index in [1.807, 2.05) is 66.4 Å². The Labute approximate surface area is 179 Å². The first-order valence-electron chi connectivity index (χ1n) is 9.65. The highest BCUT2D eigenvalue weighted by molar-refractivity contribution is 7.17. The van der Waals surface area contributed by atoms with Gasteiger partial charge >= 0.3 is 0 Å². The molecule has 0 N–H and O–H groups in total. The van der Waals surface area contributed by atoms with Gasteiger partial charge in [0.25, 0.3) is 5.91 Å². The van der Waals surface area contributed by atoms with Crippen molar-refractivity contribution < 1.29 is 9.59 Å². The molecule has 1 fully saturated rings. The highest BCUT2D eigenvalue weighted by atomic mass is 35.5. The zero-order valence-corrected chi connectivity index (χ0v) is 17.7. The Bertz CT molecular complexity index is 1020. The van der Waals surface area contributed by atoms with Crippen molar-refractivity contribution in [2.75, 3.05) is 13.1 Å². The number of carbonyl (C=O) groups excluding carboxylic acids is 2. The van der Waals surface area contributed by atoms with Crippen LogP contribution in [0.25, 0.3) is 10.6 Å². The maximum Gasteiger partial charge on any atom is 0.265 e. The predicted octanol–water partition coefficient (Wildman–Crippen LogP) is 5.51. The average molecular weight is 425 g/mol. The fourth-order valence-corrected chi connectivity index (χ4v) is 4.80. The fraction of sp³-hybridized carbons (Fsp3) is 0.261. The maximum atomic E-state index is 13.1. The minimum Gasteiger partial charge on any atom is -0.338 e. The van der Waals surface area contributed by atoms with Gasteiger partial charge in [0.2, 0.25) is 0 Å². The summed E-state index contributed by atoms with van der Waals surface area (Å²) in [5.74, 6) is 0.163. The molecular weight excluding hydrogens is 404 g/mol. The molecule has 0 bridgehead atoms. The van der Waals surface area contributed by atoms with Crippen molar-refractivity contribution in [3.05, 3.63) is 75.8 Å². The normalized spacial score (nSPS) is 14.8. The van der Waals surface area contributed by atoms with Crippen LogP contribution in [-0.4, -0.2) is 34.7 Å². The number of ketones is 1. The highest BCUT2D eigenvalue weighted by Crippen LogP contribution is 2.31. The summed E-state index contributed by atoms with van der Waals surface area (Å²) < 4.78 is 0. The van der Waals surface area contributed by atoms with Gasteiger partial charge in [0.15, 0.2) is 5.78 Å². The van der Waals surface area contributed by atoms with Gasteiger partial charge in [-0.05, 0) is 31.9 Å². The number of likely N-dealkylation sites (tertiary alicyclic amines) is 1. The van der Waals surface area contributed by atoms with Crippen LogP contribution in [0.1, 0.15) is 38.6 Å². The van der Waals surface area contributed by atoms with Crippen molar-refractivity contribution in [3.63, 3.8) is 0 Å². The van der Waals surface area contributed by atoms with E-state index in [9.17, 15) is 9.59 Å². The Balaban J connectivity index is 1.43. The van der Waals surface area contributed by atoms with Gasteiger partial charge in [-0.1, -0.05) is 54.1 Å². The number of Topliss-reactive ketones (excluding diaryl/α,β-unsaturated/α-hetero) is 1. The van der Waals surface area contributed by atoms with Gasteiger partial charge in [-0.15, -0.1) is 11.3 Å². The number of hydrogen-bond donors (Lipinski definition) is 0. The fourth-order valence-electron chi connectivity index (χ4n) is 3.64. The first-order valence-corrected chi connectivity index (χ1v) is 10.8. The number of benzene rings is 2. The summed E-state index contributed by atoms with van der Waals surface area (Å²) in [6, 6.07) is 16.9. The Morgan fingerprint density at radius 3 is 2.34 bits per heavy atom. The van der Waals surface area contributed by atoms with Gasteiger partial charge in [0.05, 0.1) is 5.69 Å². The average Bonchev–Trinajstić information content (AvgIpc) is 3.15. The Morgan fingerprint density at radius 1 is 1.03 bits per heavy atom. The molecule has 0 unspecified atom stereocenters. The zero-order chi connectivity index (χ0) is 20.4. The van der Waals surface area contributed by atoms with Crippen LogP contribution in [0.2, 0.25) is 5.02 Å². The van der Waals surface area contributed by atoms with Crippen LogP contribution in [0.5, 0.6) is 0 Å². The number of nitrogens with zero attached hydrogens (tertiary/aromatic N) is 2. The summed E-state index contributed by atoms with van der Waals surface area (Å²) in [5.41, 5.74) is 2.45. The molecule has 2 heterocycles. The maximum absolute atomic E-state index is 13.1. The van der Waals surface area contributed by atoms with Crippen LogP contribution in [0.4, 0.5) is 0 Å². The summed E-state index contributed by atoms with van der Waals surface area (Å²) in [6.07, 6.45) is 1.39. The highest BCUT2D eigenvalue weighted by Gasteiger charge is 2.30. The van der Waals surface area contributed by atoms with Gasteiger partial charge in [-0.3, -0.25) is 9.59 Å². The van der Waals surface area contributed by atoms with Crippen LogP contribution < -0.4 is 0 Å². The molecule has 1 aliphatic heterocycles. The quantitative estimate of drug-likeness (QED) is 0.519. The lowest BCUT2D eigenvalue weighted by Crippen LogP contribution is -2.40. The number of piperidine rings is 1. The number of amides is 1. The van der Waals surface area contributed by atoms with Gasteiger partial charge < -0.3 is 4.90 Å². The lowest BCUT2D eigenvalue weighted by atomic mass is 9.89. The van der Waals surface area contributed by atoms with E-state index in [-0.39, 0.29) is 17.6 Å². The molecule has 6 heteroatoms. The number of hydrogen-bond acceptors (Lipinski definition) is 4. The molecule has 0 atom stereocenters. The molecule has 29 heavy (non-hydrogen) atoms. The second-order valence-electron chi connectivity index (χ2n) is 7.24. The summed E-state index contributed by atoms with van der Waals surface area (Å²) in [7, 11) is 0. The summed E-state index contributed by atoms with van der Waals surface area (Å²) in [6.45, 7) is 3.06. The van der Waals surface area contributed by atoms with E-state index >= 15 is 0 Å². The van der Waals surface area contributed by atoms with Crippen molar-refractivity contribution in [2.45, 2.75) is 19.8 Å². The minimum absolute atomic E-state index is 0.00539. The monoisotopic (exact) mass is 424 g/mol. The van der Waals surface area contributed by atoms with Crippen molar-refractivity contribution in [3.8, 4) is 10.6 Å². The smallest absolute Gasteiger partial charge is 0.265 e. The van der Waals surface area contributed by atoms with Crippen LogP contribution in [0.15, 0.2) is 54.6 Å². The van der Waals surface area contributed by atoms with Crippen LogP contribution in [0.3, 0.4) is 0 Å². The number of halogens is 1. The number of aryl methyl sites for hydroxylation is 1. The molecule has 148 valence electrons. The Hall–Kier alpha value is -2.50. The van der Waals surface area contributed by atoms with Crippen molar-refractivity contribution in [2.24, 2.45) is 5.92 Å². The molecule has 1 amide bonds. The molecule has 2 aromatic carbocycles. The third-order valence-corrected chi connectivity index (χ3v) is 6.74.